The highest BCUT2D eigenvalue weighted by Gasteiger charge is 2.39. The Morgan fingerprint density at radius 3 is 2.09 bits per heavy atom. The minimum atomic E-state index is -0.0196. The second-order valence-electron chi connectivity index (χ2n) is 11.1. The van der Waals surface area contributed by atoms with Crippen molar-refractivity contribution in [2.24, 2.45) is 35.5 Å². The van der Waals surface area contributed by atoms with Crippen molar-refractivity contribution in [3.05, 3.63) is 55.1 Å². The average Bonchev–Trinajstić information content (AvgIpc) is 2.86. The van der Waals surface area contributed by atoms with E-state index in [9.17, 15) is 4.79 Å². The molecule has 4 unspecified atom stereocenters. The van der Waals surface area contributed by atoms with Gasteiger partial charge in [0.25, 0.3) is 0 Å². The molecule has 3 saturated carbocycles. The largest absolute Gasteiger partial charge is 0.426 e. The van der Waals surface area contributed by atoms with E-state index in [0.717, 1.165) is 55.3 Å². The lowest BCUT2D eigenvalue weighted by Crippen LogP contribution is -2.35. The number of allylic oxidation sites excluding steroid dienone is 2. The zero-order valence-corrected chi connectivity index (χ0v) is 20.6. The average molecular weight is 449 g/mol. The van der Waals surface area contributed by atoms with Crippen molar-refractivity contribution in [1.82, 2.24) is 0 Å². The van der Waals surface area contributed by atoms with Crippen LogP contribution in [0, 0.1) is 35.5 Å². The van der Waals surface area contributed by atoms with Crippen molar-refractivity contribution < 1.29 is 9.53 Å². The monoisotopic (exact) mass is 448 g/mol. The molecule has 2 nitrogen and oxygen atoms in total. The Labute approximate surface area is 201 Å². The third-order valence-corrected chi connectivity index (χ3v) is 9.09. The van der Waals surface area contributed by atoms with Crippen molar-refractivity contribution in [3.8, 4) is 5.75 Å². The molecule has 1 aromatic carbocycles. The van der Waals surface area contributed by atoms with Crippen LogP contribution in [0.25, 0.3) is 0 Å². The highest BCUT2D eigenvalue weighted by molar-refractivity contribution is 5.75. The fourth-order valence-electron chi connectivity index (χ4n) is 7.09. The summed E-state index contributed by atoms with van der Waals surface area (Å²) in [7, 11) is 0. The summed E-state index contributed by atoms with van der Waals surface area (Å²) in [5.74, 6) is 5.39. The minimum Gasteiger partial charge on any atom is -0.426 e. The normalized spacial score (nSPS) is 31.9. The molecule has 4 rings (SSSR count). The van der Waals surface area contributed by atoms with E-state index in [1.165, 1.54) is 69.8 Å². The first-order valence-corrected chi connectivity index (χ1v) is 13.7. The minimum absolute atomic E-state index is 0.0196. The topological polar surface area (TPSA) is 26.3 Å². The molecular weight excluding hydrogens is 404 g/mol. The Balaban J connectivity index is 1.19. The van der Waals surface area contributed by atoms with Crippen molar-refractivity contribution >= 4 is 5.97 Å². The number of aryl methyl sites for hydroxylation is 1. The van der Waals surface area contributed by atoms with E-state index < -0.39 is 0 Å². The number of hydrogen-bond donors (Lipinski definition) is 0. The summed E-state index contributed by atoms with van der Waals surface area (Å²) < 4.78 is 5.74. The number of fused-ring (bicyclic) bond motifs is 1. The molecule has 0 bridgehead atoms. The molecule has 3 fully saturated rings. The molecule has 0 aromatic heterocycles. The SMILES string of the molecule is C=CCCc1ccc(OC(=O)C2CCC(C3CCC4CC(CCC=C)CCC4C3)CC2)cc1. The van der Waals surface area contributed by atoms with Gasteiger partial charge in [0.15, 0.2) is 0 Å². The van der Waals surface area contributed by atoms with Crippen LogP contribution in [0.15, 0.2) is 49.6 Å². The molecule has 0 N–H and O–H groups in total. The molecule has 33 heavy (non-hydrogen) atoms. The highest BCUT2D eigenvalue weighted by Crippen LogP contribution is 2.49. The molecular formula is C31H44O2. The number of benzene rings is 1. The summed E-state index contributed by atoms with van der Waals surface area (Å²) >= 11 is 0. The maximum absolute atomic E-state index is 12.8. The molecule has 3 aliphatic carbocycles. The maximum Gasteiger partial charge on any atom is 0.314 e. The van der Waals surface area contributed by atoms with Crippen molar-refractivity contribution in [2.75, 3.05) is 0 Å². The number of rotatable bonds is 9. The zero-order valence-electron chi connectivity index (χ0n) is 20.6. The van der Waals surface area contributed by atoms with Crippen molar-refractivity contribution in [1.29, 1.82) is 0 Å². The van der Waals surface area contributed by atoms with Gasteiger partial charge in [-0.2, -0.15) is 0 Å². The number of carbonyl (C=O) groups is 1. The van der Waals surface area contributed by atoms with Gasteiger partial charge in [-0.3, -0.25) is 4.79 Å². The lowest BCUT2D eigenvalue weighted by molar-refractivity contribution is -0.140. The summed E-state index contributed by atoms with van der Waals surface area (Å²) in [6, 6.07) is 8.00. The number of esters is 1. The van der Waals surface area contributed by atoms with E-state index in [-0.39, 0.29) is 11.9 Å². The first-order chi connectivity index (χ1) is 16.2. The van der Waals surface area contributed by atoms with Crippen LogP contribution < -0.4 is 4.74 Å². The van der Waals surface area contributed by atoms with Gasteiger partial charge in [0.2, 0.25) is 0 Å². The third kappa shape index (κ3) is 6.61. The van der Waals surface area contributed by atoms with E-state index in [1.54, 1.807) is 0 Å². The number of hydrogen-bond acceptors (Lipinski definition) is 2. The predicted octanol–water partition coefficient (Wildman–Crippen LogP) is 8.32. The molecule has 4 atom stereocenters. The second kappa shape index (κ2) is 12.0. The van der Waals surface area contributed by atoms with Crippen LogP contribution in [-0.4, -0.2) is 5.97 Å². The van der Waals surface area contributed by atoms with Crippen LogP contribution in [0.1, 0.15) is 89.0 Å². The molecule has 0 radical (unpaired) electrons. The van der Waals surface area contributed by atoms with Crippen LogP contribution in [-0.2, 0) is 11.2 Å². The number of ether oxygens (including phenoxy) is 1. The molecule has 0 amide bonds. The molecule has 3 aliphatic rings. The smallest absolute Gasteiger partial charge is 0.314 e. The fourth-order valence-corrected chi connectivity index (χ4v) is 7.09. The Bertz CT molecular complexity index is 771. The van der Waals surface area contributed by atoms with Gasteiger partial charge in [-0.05, 0) is 131 Å². The standard InChI is InChI=1S/C31H44O2/c1-3-5-7-23-10-19-30(20-11-23)33-31(32)26-15-13-25(14-16-26)28-18-17-27-21-24(8-6-4-2)9-12-29(27)22-28/h3-4,10-11,19-20,24-29H,1-2,5-9,12-18,21-22H2. The van der Waals surface area contributed by atoms with Gasteiger partial charge >= 0.3 is 5.97 Å². The molecule has 0 spiro atoms. The molecule has 0 saturated heterocycles. The number of carbonyl (C=O) groups excluding carboxylic acids is 1. The molecule has 180 valence electrons. The Hall–Kier alpha value is -1.83. The van der Waals surface area contributed by atoms with Crippen LogP contribution in [0.4, 0.5) is 0 Å². The van der Waals surface area contributed by atoms with Crippen molar-refractivity contribution in [3.63, 3.8) is 0 Å². The summed E-state index contributed by atoms with van der Waals surface area (Å²) in [6.45, 7) is 7.68. The summed E-state index contributed by atoms with van der Waals surface area (Å²) in [4.78, 5) is 12.8. The predicted molar refractivity (Wildman–Crippen MR) is 137 cm³/mol. The van der Waals surface area contributed by atoms with E-state index in [0.29, 0.717) is 5.75 Å². The van der Waals surface area contributed by atoms with Crippen LogP contribution >= 0.6 is 0 Å². The maximum atomic E-state index is 12.8. The Morgan fingerprint density at radius 1 is 0.788 bits per heavy atom. The van der Waals surface area contributed by atoms with Gasteiger partial charge in [-0.25, -0.2) is 0 Å². The first-order valence-electron chi connectivity index (χ1n) is 13.7. The molecule has 0 aliphatic heterocycles. The Morgan fingerprint density at radius 2 is 1.39 bits per heavy atom. The van der Waals surface area contributed by atoms with E-state index in [1.807, 2.05) is 18.2 Å². The quantitative estimate of drug-likeness (QED) is 0.216. The van der Waals surface area contributed by atoms with Gasteiger partial charge in [0, 0.05) is 0 Å². The van der Waals surface area contributed by atoms with Crippen LogP contribution in [0.2, 0.25) is 0 Å². The molecule has 0 heterocycles. The molecule has 2 heteroatoms. The lowest BCUT2D eigenvalue weighted by atomic mass is 9.60. The van der Waals surface area contributed by atoms with Gasteiger partial charge in [0.1, 0.15) is 5.75 Å². The van der Waals surface area contributed by atoms with Gasteiger partial charge < -0.3 is 4.74 Å². The summed E-state index contributed by atoms with van der Waals surface area (Å²) in [6.07, 6.45) is 21.7. The zero-order chi connectivity index (χ0) is 23.0. The van der Waals surface area contributed by atoms with E-state index >= 15 is 0 Å². The van der Waals surface area contributed by atoms with Gasteiger partial charge in [-0.15, -0.1) is 13.2 Å². The highest BCUT2D eigenvalue weighted by atomic mass is 16.5. The summed E-state index contributed by atoms with van der Waals surface area (Å²) in [5.41, 5.74) is 1.26. The second-order valence-corrected chi connectivity index (χ2v) is 11.1. The Kier molecular flexibility index (Phi) is 8.87. The van der Waals surface area contributed by atoms with E-state index in [4.69, 9.17) is 4.74 Å². The molecule has 1 aromatic rings. The summed E-state index contributed by atoms with van der Waals surface area (Å²) in [5, 5.41) is 0. The first kappa shape index (κ1) is 24.3. The van der Waals surface area contributed by atoms with Gasteiger partial charge in [-0.1, -0.05) is 30.7 Å². The fraction of sp³-hybridized carbons (Fsp3) is 0.645. The van der Waals surface area contributed by atoms with Crippen LogP contribution in [0.5, 0.6) is 5.75 Å². The van der Waals surface area contributed by atoms with Crippen molar-refractivity contribution in [2.45, 2.75) is 89.9 Å². The van der Waals surface area contributed by atoms with Crippen LogP contribution in [0.3, 0.4) is 0 Å². The van der Waals surface area contributed by atoms with E-state index in [2.05, 4.69) is 31.4 Å². The van der Waals surface area contributed by atoms with Gasteiger partial charge in [0.05, 0.1) is 5.92 Å². The lowest BCUT2D eigenvalue weighted by Gasteiger charge is -2.45. The third-order valence-electron chi connectivity index (χ3n) is 9.09.